The molecule has 0 N–H and O–H groups in total. The lowest BCUT2D eigenvalue weighted by molar-refractivity contribution is 1.02. The molecule has 0 unspecified atom stereocenters. The molecule has 0 aliphatic heterocycles. The Bertz CT molecular complexity index is 518. The van der Waals surface area contributed by atoms with E-state index in [1.165, 1.54) is 16.7 Å². The second-order valence-electron chi connectivity index (χ2n) is 5.24. The van der Waals surface area contributed by atoms with Gasteiger partial charge in [0.05, 0.1) is 0 Å². The zero-order valence-corrected chi connectivity index (χ0v) is 12.3. The van der Waals surface area contributed by atoms with Gasteiger partial charge in [0.2, 0.25) is 0 Å². The summed E-state index contributed by atoms with van der Waals surface area (Å²) in [5.41, 5.74) is 4.05. The maximum absolute atomic E-state index is 2.31. The van der Waals surface area contributed by atoms with Crippen LogP contribution in [0.5, 0.6) is 0 Å². The van der Waals surface area contributed by atoms with Crippen LogP contribution in [-0.4, -0.2) is 0 Å². The predicted octanol–water partition coefficient (Wildman–Crippen LogP) is 5.73. The third-order valence-corrected chi connectivity index (χ3v) is 3.31. The van der Waals surface area contributed by atoms with Gasteiger partial charge in [0.1, 0.15) is 0 Å². The SMILES string of the molecule is CC(C)=CC/C=C/C(c1ccccc1)c1ccccc1. The summed E-state index contributed by atoms with van der Waals surface area (Å²) in [6, 6.07) is 21.4. The molecule has 0 atom stereocenters. The summed E-state index contributed by atoms with van der Waals surface area (Å²) in [5.74, 6) is 0.336. The van der Waals surface area contributed by atoms with Crippen molar-refractivity contribution in [3.8, 4) is 0 Å². The maximum Gasteiger partial charge on any atom is 0.0269 e. The molecular weight excluding hydrogens is 240 g/mol. The lowest BCUT2D eigenvalue weighted by Crippen LogP contribution is -1.97. The molecule has 2 aromatic rings. The minimum Gasteiger partial charge on any atom is -0.0838 e. The molecule has 102 valence electrons. The molecule has 0 heteroatoms. The van der Waals surface area contributed by atoms with E-state index in [0.29, 0.717) is 5.92 Å². The van der Waals surface area contributed by atoms with Gasteiger partial charge < -0.3 is 0 Å². The zero-order chi connectivity index (χ0) is 14.2. The van der Waals surface area contributed by atoms with E-state index in [0.717, 1.165) is 6.42 Å². The Morgan fingerprint density at radius 3 is 1.80 bits per heavy atom. The predicted molar refractivity (Wildman–Crippen MR) is 87.9 cm³/mol. The van der Waals surface area contributed by atoms with E-state index in [9.17, 15) is 0 Å². The highest BCUT2D eigenvalue weighted by Gasteiger charge is 2.09. The highest BCUT2D eigenvalue weighted by molar-refractivity contribution is 5.36. The molecule has 0 spiro atoms. The summed E-state index contributed by atoms with van der Waals surface area (Å²) >= 11 is 0. The third-order valence-electron chi connectivity index (χ3n) is 3.31. The van der Waals surface area contributed by atoms with Crippen LogP contribution in [0.1, 0.15) is 37.3 Å². The van der Waals surface area contributed by atoms with Crippen molar-refractivity contribution in [1.29, 1.82) is 0 Å². The molecule has 20 heavy (non-hydrogen) atoms. The molecule has 0 aromatic heterocycles. The second-order valence-corrected chi connectivity index (χ2v) is 5.24. The van der Waals surface area contributed by atoms with E-state index >= 15 is 0 Å². The fourth-order valence-electron chi connectivity index (χ4n) is 2.25. The third kappa shape index (κ3) is 4.24. The molecule has 0 fully saturated rings. The fraction of sp³-hybridized carbons (Fsp3) is 0.200. The van der Waals surface area contributed by atoms with Crippen LogP contribution in [0.15, 0.2) is 84.5 Å². The Kier molecular flexibility index (Phi) is 5.37. The van der Waals surface area contributed by atoms with Crippen molar-refractivity contribution < 1.29 is 0 Å². The van der Waals surface area contributed by atoms with E-state index < -0.39 is 0 Å². The summed E-state index contributed by atoms with van der Waals surface area (Å²) in [4.78, 5) is 0. The van der Waals surface area contributed by atoms with Crippen molar-refractivity contribution in [2.24, 2.45) is 0 Å². The van der Waals surface area contributed by atoms with Crippen LogP contribution in [0.4, 0.5) is 0 Å². The van der Waals surface area contributed by atoms with Crippen molar-refractivity contribution in [3.63, 3.8) is 0 Å². The molecule has 0 aliphatic rings. The van der Waals surface area contributed by atoms with Gasteiger partial charge in [-0.25, -0.2) is 0 Å². The second kappa shape index (κ2) is 7.49. The van der Waals surface area contributed by atoms with Gasteiger partial charge >= 0.3 is 0 Å². The van der Waals surface area contributed by atoms with E-state index in [1.54, 1.807) is 0 Å². The van der Waals surface area contributed by atoms with Crippen LogP contribution in [0, 0.1) is 0 Å². The Balaban J connectivity index is 2.24. The smallest absolute Gasteiger partial charge is 0.0269 e. The summed E-state index contributed by atoms with van der Waals surface area (Å²) in [7, 11) is 0. The van der Waals surface area contributed by atoms with Crippen LogP contribution < -0.4 is 0 Å². The molecule has 0 bridgehead atoms. The number of hydrogen-bond donors (Lipinski definition) is 0. The standard InChI is InChI=1S/C20H22/c1-17(2)11-9-10-16-20(18-12-5-3-6-13-18)19-14-7-4-8-15-19/h3-8,10-16,20H,9H2,1-2H3/b16-10+. The van der Waals surface area contributed by atoms with Crippen molar-refractivity contribution >= 4 is 0 Å². The lowest BCUT2D eigenvalue weighted by atomic mass is 9.91. The van der Waals surface area contributed by atoms with Gasteiger partial charge in [0.25, 0.3) is 0 Å². The zero-order valence-electron chi connectivity index (χ0n) is 12.3. The summed E-state index contributed by atoms with van der Waals surface area (Å²) in [6.45, 7) is 4.28. The topological polar surface area (TPSA) is 0 Å². The Labute approximate surface area is 122 Å². The van der Waals surface area contributed by atoms with Crippen LogP contribution >= 0.6 is 0 Å². The first-order chi connectivity index (χ1) is 9.77. The highest BCUT2D eigenvalue weighted by Crippen LogP contribution is 2.25. The number of rotatable bonds is 5. The molecule has 2 aromatic carbocycles. The normalized spacial score (nSPS) is 10.9. The summed E-state index contributed by atoms with van der Waals surface area (Å²) in [6.07, 6.45) is 7.82. The Hall–Kier alpha value is -2.08. The Morgan fingerprint density at radius 1 is 0.850 bits per heavy atom. The van der Waals surface area contributed by atoms with Gasteiger partial charge in [0.15, 0.2) is 0 Å². The first-order valence-electron chi connectivity index (χ1n) is 7.17. The van der Waals surface area contributed by atoms with Crippen LogP contribution in [0.3, 0.4) is 0 Å². The number of allylic oxidation sites excluding steroid dienone is 4. The molecule has 0 saturated carbocycles. The van der Waals surface area contributed by atoms with E-state index in [4.69, 9.17) is 0 Å². The summed E-state index contributed by atoms with van der Waals surface area (Å²) < 4.78 is 0. The average Bonchev–Trinajstić information content (AvgIpc) is 2.49. The number of benzene rings is 2. The van der Waals surface area contributed by atoms with Gasteiger partial charge in [-0.15, -0.1) is 0 Å². The van der Waals surface area contributed by atoms with Gasteiger partial charge in [0, 0.05) is 5.92 Å². The lowest BCUT2D eigenvalue weighted by Gasteiger charge is -2.13. The first kappa shape index (κ1) is 14.3. The molecule has 0 amide bonds. The van der Waals surface area contributed by atoms with Crippen LogP contribution in [-0.2, 0) is 0 Å². The van der Waals surface area contributed by atoms with Crippen molar-refractivity contribution in [2.75, 3.05) is 0 Å². The molecule has 0 saturated heterocycles. The Morgan fingerprint density at radius 2 is 1.35 bits per heavy atom. The van der Waals surface area contributed by atoms with Gasteiger partial charge in [-0.2, -0.15) is 0 Å². The maximum atomic E-state index is 2.31. The minimum atomic E-state index is 0.336. The van der Waals surface area contributed by atoms with Gasteiger partial charge in [-0.3, -0.25) is 0 Å². The molecule has 0 aliphatic carbocycles. The molecule has 0 nitrogen and oxygen atoms in total. The van der Waals surface area contributed by atoms with Crippen LogP contribution in [0.25, 0.3) is 0 Å². The fourth-order valence-corrected chi connectivity index (χ4v) is 2.25. The van der Waals surface area contributed by atoms with E-state index in [1.807, 2.05) is 0 Å². The molecule has 0 heterocycles. The van der Waals surface area contributed by atoms with Crippen molar-refractivity contribution in [1.82, 2.24) is 0 Å². The molecular formula is C20H22. The van der Waals surface area contributed by atoms with Crippen molar-refractivity contribution in [2.45, 2.75) is 26.2 Å². The largest absolute Gasteiger partial charge is 0.0838 e. The van der Waals surface area contributed by atoms with Crippen molar-refractivity contribution in [3.05, 3.63) is 95.6 Å². The molecule has 0 radical (unpaired) electrons. The summed E-state index contributed by atoms with van der Waals surface area (Å²) in [5, 5.41) is 0. The quantitative estimate of drug-likeness (QED) is 0.603. The molecule has 2 rings (SSSR count). The van der Waals surface area contributed by atoms with E-state index in [2.05, 4.69) is 92.7 Å². The minimum absolute atomic E-state index is 0.336. The van der Waals surface area contributed by atoms with E-state index in [-0.39, 0.29) is 0 Å². The monoisotopic (exact) mass is 262 g/mol. The average molecular weight is 262 g/mol. The first-order valence-corrected chi connectivity index (χ1v) is 7.17. The van der Waals surface area contributed by atoms with Gasteiger partial charge in [-0.05, 0) is 31.4 Å². The van der Waals surface area contributed by atoms with Gasteiger partial charge in [-0.1, -0.05) is 84.5 Å². The highest BCUT2D eigenvalue weighted by atomic mass is 14.1. The van der Waals surface area contributed by atoms with Crippen LogP contribution in [0.2, 0.25) is 0 Å². The number of hydrogen-bond acceptors (Lipinski definition) is 0.